The fourth-order valence-corrected chi connectivity index (χ4v) is 2.94. The number of benzene rings is 2. The van der Waals surface area contributed by atoms with Crippen LogP contribution in [0.2, 0.25) is 0 Å². The lowest BCUT2D eigenvalue weighted by Gasteiger charge is -2.20. The number of hydrogen-bond donors (Lipinski definition) is 2. The number of rotatable bonds is 4. The van der Waals surface area contributed by atoms with E-state index in [1.165, 1.54) is 11.1 Å². The molecule has 104 valence electrons. The van der Waals surface area contributed by atoms with Gasteiger partial charge in [0, 0.05) is 5.69 Å². The van der Waals surface area contributed by atoms with E-state index in [4.69, 9.17) is 0 Å². The van der Waals surface area contributed by atoms with E-state index in [-0.39, 0.29) is 12.1 Å². The molecule has 0 heterocycles. The molecule has 0 saturated heterocycles. The van der Waals surface area contributed by atoms with E-state index in [2.05, 4.69) is 53.8 Å². The maximum absolute atomic E-state index is 9.97. The second-order valence-electron chi connectivity index (χ2n) is 5.57. The average molecular weight is 267 g/mol. The van der Waals surface area contributed by atoms with E-state index < -0.39 is 0 Å². The molecule has 0 radical (unpaired) electrons. The maximum atomic E-state index is 9.97. The lowest BCUT2D eigenvalue weighted by atomic mass is 10.0. The largest absolute Gasteiger partial charge is 0.391 e. The quantitative estimate of drug-likeness (QED) is 0.887. The highest BCUT2D eigenvalue weighted by atomic mass is 16.3. The first-order valence-electron chi connectivity index (χ1n) is 7.39. The molecule has 1 aliphatic carbocycles. The molecule has 0 aliphatic heterocycles. The van der Waals surface area contributed by atoms with Gasteiger partial charge in [-0.1, -0.05) is 48.5 Å². The van der Waals surface area contributed by atoms with Gasteiger partial charge in [-0.25, -0.2) is 0 Å². The van der Waals surface area contributed by atoms with Gasteiger partial charge in [0.2, 0.25) is 0 Å². The van der Waals surface area contributed by atoms with Crippen LogP contribution in [0.3, 0.4) is 0 Å². The number of aliphatic hydroxyl groups excluding tert-OH is 1. The molecule has 0 amide bonds. The summed E-state index contributed by atoms with van der Waals surface area (Å²) < 4.78 is 0. The highest BCUT2D eigenvalue weighted by Gasteiger charge is 2.25. The first-order valence-corrected chi connectivity index (χ1v) is 7.39. The Kier molecular flexibility index (Phi) is 4.03. The molecule has 2 aromatic carbocycles. The first-order chi connectivity index (χ1) is 9.83. The van der Waals surface area contributed by atoms with Gasteiger partial charge in [-0.2, -0.15) is 0 Å². The summed E-state index contributed by atoms with van der Waals surface area (Å²) in [5.74, 6) is 0. The van der Waals surface area contributed by atoms with Crippen LogP contribution < -0.4 is 5.32 Å². The highest BCUT2D eigenvalue weighted by molar-refractivity contribution is 5.53. The number of para-hydroxylation sites is 1. The van der Waals surface area contributed by atoms with Gasteiger partial charge in [-0.3, -0.25) is 0 Å². The van der Waals surface area contributed by atoms with Crippen molar-refractivity contribution in [3.63, 3.8) is 0 Å². The summed E-state index contributed by atoms with van der Waals surface area (Å²) in [5, 5.41) is 13.5. The van der Waals surface area contributed by atoms with Crippen LogP contribution in [0.15, 0.2) is 54.6 Å². The molecule has 2 aromatic rings. The van der Waals surface area contributed by atoms with Crippen molar-refractivity contribution in [2.45, 2.75) is 37.8 Å². The third-order valence-corrected chi connectivity index (χ3v) is 4.08. The number of hydrogen-bond acceptors (Lipinski definition) is 2. The Bertz CT molecular complexity index is 552. The van der Waals surface area contributed by atoms with Crippen molar-refractivity contribution in [2.75, 3.05) is 5.32 Å². The van der Waals surface area contributed by atoms with Crippen LogP contribution >= 0.6 is 0 Å². The molecule has 2 nitrogen and oxygen atoms in total. The lowest BCUT2D eigenvalue weighted by Crippen LogP contribution is -2.28. The molecular formula is C18H21NO. The van der Waals surface area contributed by atoms with Crippen LogP contribution in [0.5, 0.6) is 0 Å². The van der Waals surface area contributed by atoms with Crippen molar-refractivity contribution in [2.24, 2.45) is 0 Å². The Morgan fingerprint density at radius 3 is 2.45 bits per heavy atom. The van der Waals surface area contributed by atoms with E-state index in [9.17, 15) is 5.11 Å². The molecule has 0 aromatic heterocycles. The van der Waals surface area contributed by atoms with E-state index in [0.717, 1.165) is 31.4 Å². The van der Waals surface area contributed by atoms with E-state index in [1.54, 1.807) is 0 Å². The Labute approximate surface area is 120 Å². The number of nitrogens with one attached hydrogen (secondary N) is 1. The normalized spacial score (nSPS) is 21.9. The van der Waals surface area contributed by atoms with Gasteiger partial charge in [-0.05, 0) is 42.9 Å². The Morgan fingerprint density at radius 1 is 0.950 bits per heavy atom. The molecule has 1 saturated carbocycles. The second-order valence-corrected chi connectivity index (χ2v) is 5.57. The van der Waals surface area contributed by atoms with Gasteiger partial charge in [0.05, 0.1) is 12.1 Å². The van der Waals surface area contributed by atoms with Crippen LogP contribution in [-0.2, 0) is 6.42 Å². The van der Waals surface area contributed by atoms with Crippen molar-refractivity contribution in [3.8, 4) is 0 Å². The van der Waals surface area contributed by atoms with Gasteiger partial charge in [-0.15, -0.1) is 0 Å². The zero-order valence-electron chi connectivity index (χ0n) is 11.6. The van der Waals surface area contributed by atoms with Crippen LogP contribution in [0, 0.1) is 0 Å². The van der Waals surface area contributed by atoms with E-state index >= 15 is 0 Å². The van der Waals surface area contributed by atoms with Gasteiger partial charge in [0.25, 0.3) is 0 Å². The molecule has 2 atom stereocenters. The summed E-state index contributed by atoms with van der Waals surface area (Å²) in [6.07, 6.45) is 3.80. The molecule has 0 spiro atoms. The van der Waals surface area contributed by atoms with Gasteiger partial charge < -0.3 is 10.4 Å². The zero-order valence-corrected chi connectivity index (χ0v) is 11.6. The first kappa shape index (κ1) is 13.2. The van der Waals surface area contributed by atoms with Gasteiger partial charge in [0.15, 0.2) is 0 Å². The molecular weight excluding hydrogens is 246 g/mol. The summed E-state index contributed by atoms with van der Waals surface area (Å²) >= 11 is 0. The summed E-state index contributed by atoms with van der Waals surface area (Å²) in [7, 11) is 0. The zero-order chi connectivity index (χ0) is 13.8. The standard InChI is InChI=1S/C18H21NO/c20-18-12-6-11-17(18)19-16-10-5-4-9-15(16)13-14-7-2-1-3-8-14/h1-5,7-10,17-20H,6,11-13H2. The minimum absolute atomic E-state index is 0.201. The Balaban J connectivity index is 1.77. The predicted molar refractivity (Wildman–Crippen MR) is 83.0 cm³/mol. The van der Waals surface area contributed by atoms with Gasteiger partial charge in [0.1, 0.15) is 0 Å². The predicted octanol–water partition coefficient (Wildman–Crippen LogP) is 3.60. The molecule has 3 rings (SSSR count). The highest BCUT2D eigenvalue weighted by Crippen LogP contribution is 2.26. The number of aliphatic hydroxyl groups is 1. The van der Waals surface area contributed by atoms with Crippen LogP contribution in [0.1, 0.15) is 30.4 Å². The molecule has 1 aliphatic rings. The van der Waals surface area contributed by atoms with Crippen molar-refractivity contribution >= 4 is 5.69 Å². The smallest absolute Gasteiger partial charge is 0.0741 e. The molecule has 20 heavy (non-hydrogen) atoms. The van der Waals surface area contributed by atoms with E-state index in [1.807, 2.05) is 6.07 Å². The third-order valence-electron chi connectivity index (χ3n) is 4.08. The number of anilines is 1. The van der Waals surface area contributed by atoms with Crippen molar-refractivity contribution in [1.82, 2.24) is 0 Å². The topological polar surface area (TPSA) is 32.3 Å². The molecule has 2 N–H and O–H groups in total. The summed E-state index contributed by atoms with van der Waals surface area (Å²) in [6, 6.07) is 19.1. The fraction of sp³-hybridized carbons (Fsp3) is 0.333. The molecule has 2 heteroatoms. The van der Waals surface area contributed by atoms with Crippen molar-refractivity contribution in [1.29, 1.82) is 0 Å². The third kappa shape index (κ3) is 3.02. The summed E-state index contributed by atoms with van der Waals surface area (Å²) in [6.45, 7) is 0. The van der Waals surface area contributed by atoms with Crippen molar-refractivity contribution < 1.29 is 5.11 Å². The van der Waals surface area contributed by atoms with Crippen LogP contribution in [0.4, 0.5) is 5.69 Å². The van der Waals surface area contributed by atoms with Crippen LogP contribution in [0.25, 0.3) is 0 Å². The van der Waals surface area contributed by atoms with Crippen molar-refractivity contribution in [3.05, 3.63) is 65.7 Å². The monoisotopic (exact) mass is 267 g/mol. The Hall–Kier alpha value is -1.80. The second kappa shape index (κ2) is 6.10. The minimum atomic E-state index is -0.209. The fourth-order valence-electron chi connectivity index (χ4n) is 2.94. The van der Waals surface area contributed by atoms with E-state index in [0.29, 0.717) is 0 Å². The molecule has 0 bridgehead atoms. The Morgan fingerprint density at radius 2 is 1.70 bits per heavy atom. The SMILES string of the molecule is OC1CCCC1Nc1ccccc1Cc1ccccc1. The van der Waals surface area contributed by atoms with Gasteiger partial charge >= 0.3 is 0 Å². The minimum Gasteiger partial charge on any atom is -0.391 e. The molecule has 2 unspecified atom stereocenters. The van der Waals surface area contributed by atoms with Crippen LogP contribution in [-0.4, -0.2) is 17.3 Å². The molecule has 1 fully saturated rings. The maximum Gasteiger partial charge on any atom is 0.0741 e. The summed E-state index contributed by atoms with van der Waals surface area (Å²) in [4.78, 5) is 0. The average Bonchev–Trinajstić information content (AvgIpc) is 2.88. The lowest BCUT2D eigenvalue weighted by molar-refractivity contribution is 0.172. The summed E-state index contributed by atoms with van der Waals surface area (Å²) in [5.41, 5.74) is 3.76.